The van der Waals surface area contributed by atoms with Crippen LogP contribution in [0.3, 0.4) is 0 Å². The average Bonchev–Trinajstić information content (AvgIpc) is 2.67. The Bertz CT molecular complexity index is 850. The van der Waals surface area contributed by atoms with Crippen molar-refractivity contribution in [2.45, 2.75) is 6.54 Å². The van der Waals surface area contributed by atoms with Crippen LogP contribution in [0.5, 0.6) is 11.5 Å². The van der Waals surface area contributed by atoms with Gasteiger partial charge in [0.2, 0.25) is 0 Å². The summed E-state index contributed by atoms with van der Waals surface area (Å²) in [5, 5.41) is 3.47. The van der Waals surface area contributed by atoms with E-state index in [0.717, 1.165) is 32.8 Å². The lowest BCUT2D eigenvalue weighted by molar-refractivity contribution is 0.412. The van der Waals surface area contributed by atoms with E-state index in [9.17, 15) is 0 Å². The van der Waals surface area contributed by atoms with Crippen molar-refractivity contribution in [3.05, 3.63) is 76.8 Å². The van der Waals surface area contributed by atoms with Crippen molar-refractivity contribution in [1.82, 2.24) is 0 Å². The molecule has 0 saturated carbocycles. The Hall–Kier alpha value is -2.46. The van der Waals surface area contributed by atoms with Crippen molar-refractivity contribution in [3.63, 3.8) is 0 Å². The summed E-state index contributed by atoms with van der Waals surface area (Å²) in [6.45, 7) is 0.692. The Morgan fingerprint density at radius 3 is 2.20 bits per heavy atom. The molecule has 0 bridgehead atoms. The molecule has 0 heterocycles. The highest BCUT2D eigenvalue weighted by atomic mass is 79.9. The maximum Gasteiger partial charge on any atom is 0.141 e. The summed E-state index contributed by atoms with van der Waals surface area (Å²) in [5.74, 6) is 1.65. The first-order chi connectivity index (χ1) is 12.2. The number of anilines is 1. The van der Waals surface area contributed by atoms with E-state index >= 15 is 0 Å². The number of halogens is 1. The van der Waals surface area contributed by atoms with E-state index in [1.165, 1.54) is 5.56 Å². The van der Waals surface area contributed by atoms with Gasteiger partial charge in [0.1, 0.15) is 11.5 Å². The smallest absolute Gasteiger partial charge is 0.141 e. The molecule has 0 amide bonds. The maximum absolute atomic E-state index is 5.49. The van der Waals surface area contributed by atoms with Gasteiger partial charge in [0.05, 0.1) is 24.4 Å². The summed E-state index contributed by atoms with van der Waals surface area (Å²) in [6, 6.07) is 22.6. The molecule has 4 heteroatoms. The van der Waals surface area contributed by atoms with Crippen molar-refractivity contribution in [3.8, 4) is 22.6 Å². The van der Waals surface area contributed by atoms with E-state index in [1.54, 1.807) is 14.2 Å². The van der Waals surface area contributed by atoms with Crippen molar-refractivity contribution in [2.75, 3.05) is 19.5 Å². The van der Waals surface area contributed by atoms with Crippen molar-refractivity contribution < 1.29 is 9.47 Å². The van der Waals surface area contributed by atoms with Crippen LogP contribution in [0.15, 0.2) is 71.2 Å². The van der Waals surface area contributed by atoms with Crippen LogP contribution in [0, 0.1) is 0 Å². The lowest BCUT2D eigenvalue weighted by atomic mass is 10.0. The predicted octanol–water partition coefficient (Wildman–Crippen LogP) is 5.75. The summed E-state index contributed by atoms with van der Waals surface area (Å²) in [6.07, 6.45) is 0. The van der Waals surface area contributed by atoms with Crippen molar-refractivity contribution in [1.29, 1.82) is 0 Å². The van der Waals surface area contributed by atoms with Crippen molar-refractivity contribution >= 4 is 21.6 Å². The number of hydrogen-bond donors (Lipinski definition) is 1. The molecule has 3 nitrogen and oxygen atoms in total. The number of benzene rings is 3. The molecule has 0 radical (unpaired) electrons. The summed E-state index contributed by atoms with van der Waals surface area (Å²) >= 11 is 3.53. The highest BCUT2D eigenvalue weighted by Gasteiger charge is 2.07. The second-order valence-electron chi connectivity index (χ2n) is 5.60. The van der Waals surface area contributed by atoms with Crippen LogP contribution in [-0.4, -0.2) is 14.2 Å². The zero-order valence-corrected chi connectivity index (χ0v) is 15.8. The van der Waals surface area contributed by atoms with E-state index in [0.29, 0.717) is 6.54 Å². The second-order valence-corrected chi connectivity index (χ2v) is 6.46. The van der Waals surface area contributed by atoms with Gasteiger partial charge in [0.15, 0.2) is 0 Å². The van der Waals surface area contributed by atoms with Gasteiger partial charge in [0.25, 0.3) is 0 Å². The third kappa shape index (κ3) is 4.15. The molecule has 0 atom stereocenters. The standard InChI is InChI=1S/C21H20BrNO2/c1-24-20-10-8-15(12-18(20)22)14-23-19-13-17(9-11-21(19)25-2)16-6-4-3-5-7-16/h3-13,23H,14H2,1-2H3. The number of rotatable bonds is 6. The fourth-order valence-corrected chi connectivity index (χ4v) is 3.26. The first-order valence-electron chi connectivity index (χ1n) is 8.01. The summed E-state index contributed by atoms with van der Waals surface area (Å²) in [7, 11) is 3.35. The zero-order chi connectivity index (χ0) is 17.6. The van der Waals surface area contributed by atoms with Gasteiger partial charge in [-0.2, -0.15) is 0 Å². The van der Waals surface area contributed by atoms with E-state index in [-0.39, 0.29) is 0 Å². The minimum absolute atomic E-state index is 0.692. The van der Waals surface area contributed by atoms with Crippen LogP contribution in [0.1, 0.15) is 5.56 Å². The van der Waals surface area contributed by atoms with Crippen LogP contribution in [0.4, 0.5) is 5.69 Å². The van der Waals surface area contributed by atoms with E-state index in [4.69, 9.17) is 9.47 Å². The summed E-state index contributed by atoms with van der Waals surface area (Å²) in [5.41, 5.74) is 4.45. The largest absolute Gasteiger partial charge is 0.496 e. The van der Waals surface area contributed by atoms with E-state index < -0.39 is 0 Å². The highest BCUT2D eigenvalue weighted by molar-refractivity contribution is 9.10. The molecule has 3 rings (SSSR count). The molecule has 0 aliphatic carbocycles. The monoisotopic (exact) mass is 397 g/mol. The maximum atomic E-state index is 5.49. The second kappa shape index (κ2) is 8.08. The van der Waals surface area contributed by atoms with Gasteiger partial charge in [-0.05, 0) is 56.9 Å². The Morgan fingerprint density at radius 2 is 1.52 bits per heavy atom. The fourth-order valence-electron chi connectivity index (χ4n) is 2.67. The highest BCUT2D eigenvalue weighted by Crippen LogP contribution is 2.31. The molecule has 0 aromatic heterocycles. The molecule has 0 aliphatic rings. The van der Waals surface area contributed by atoms with Crippen LogP contribution < -0.4 is 14.8 Å². The van der Waals surface area contributed by atoms with Gasteiger partial charge in [-0.1, -0.05) is 42.5 Å². The average molecular weight is 398 g/mol. The molecule has 3 aromatic rings. The van der Waals surface area contributed by atoms with E-state index in [2.05, 4.69) is 51.6 Å². The van der Waals surface area contributed by atoms with Gasteiger partial charge in [-0.15, -0.1) is 0 Å². The molecule has 0 spiro atoms. The molecular formula is C21H20BrNO2. The quantitative estimate of drug-likeness (QED) is 0.574. The summed E-state index contributed by atoms with van der Waals surface area (Å²) in [4.78, 5) is 0. The Morgan fingerprint density at radius 1 is 0.800 bits per heavy atom. The normalized spacial score (nSPS) is 10.4. The predicted molar refractivity (Wildman–Crippen MR) is 106 cm³/mol. The van der Waals surface area contributed by atoms with E-state index in [1.807, 2.05) is 36.4 Å². The molecule has 0 aliphatic heterocycles. The molecule has 25 heavy (non-hydrogen) atoms. The number of methoxy groups -OCH3 is 2. The molecule has 0 saturated heterocycles. The number of ether oxygens (including phenoxy) is 2. The third-order valence-corrected chi connectivity index (χ3v) is 4.63. The molecule has 128 valence electrons. The van der Waals surface area contributed by atoms with Gasteiger partial charge in [-0.25, -0.2) is 0 Å². The van der Waals surface area contributed by atoms with Crippen LogP contribution in [-0.2, 0) is 6.54 Å². The Balaban J connectivity index is 1.82. The minimum atomic E-state index is 0.692. The zero-order valence-electron chi connectivity index (χ0n) is 14.3. The van der Waals surface area contributed by atoms with Gasteiger partial charge in [-0.3, -0.25) is 0 Å². The van der Waals surface area contributed by atoms with Gasteiger partial charge >= 0.3 is 0 Å². The SMILES string of the molecule is COc1ccc(CNc2cc(-c3ccccc3)ccc2OC)cc1Br. The lowest BCUT2D eigenvalue weighted by Crippen LogP contribution is -2.02. The first kappa shape index (κ1) is 17.4. The summed E-state index contributed by atoms with van der Waals surface area (Å²) < 4.78 is 11.7. The van der Waals surface area contributed by atoms with Crippen LogP contribution >= 0.6 is 15.9 Å². The van der Waals surface area contributed by atoms with Crippen molar-refractivity contribution in [2.24, 2.45) is 0 Å². The molecule has 0 unspecified atom stereocenters. The van der Waals surface area contributed by atoms with Crippen LogP contribution in [0.25, 0.3) is 11.1 Å². The third-order valence-electron chi connectivity index (χ3n) is 4.01. The number of nitrogens with one attached hydrogen (secondary N) is 1. The minimum Gasteiger partial charge on any atom is -0.496 e. The topological polar surface area (TPSA) is 30.5 Å². The Kier molecular flexibility index (Phi) is 5.61. The molecule has 0 fully saturated rings. The van der Waals surface area contributed by atoms with Gasteiger partial charge < -0.3 is 14.8 Å². The molecule has 1 N–H and O–H groups in total. The van der Waals surface area contributed by atoms with Gasteiger partial charge in [0, 0.05) is 6.54 Å². The Labute approximate surface area is 156 Å². The molecule has 3 aromatic carbocycles. The lowest BCUT2D eigenvalue weighted by Gasteiger charge is -2.14. The fraction of sp³-hybridized carbons (Fsp3) is 0.143. The first-order valence-corrected chi connectivity index (χ1v) is 8.80. The molecular weight excluding hydrogens is 378 g/mol. The van der Waals surface area contributed by atoms with Crippen LogP contribution in [0.2, 0.25) is 0 Å². The number of hydrogen-bond acceptors (Lipinski definition) is 3.